The van der Waals surface area contributed by atoms with Gasteiger partial charge in [0.2, 0.25) is 5.13 Å². The number of aromatic nitrogens is 2. The third-order valence-corrected chi connectivity index (χ3v) is 7.40. The molecule has 0 unspecified atom stereocenters. The Morgan fingerprint density at radius 3 is 1.69 bits per heavy atom. The molecule has 6 rings (SSSR count). The third-order valence-electron chi connectivity index (χ3n) is 5.91. The van der Waals surface area contributed by atoms with Crippen LogP contribution in [0.25, 0.3) is 32.1 Å². The van der Waals surface area contributed by atoms with Crippen molar-refractivity contribution in [2.45, 2.75) is 0 Å². The predicted octanol–water partition coefficient (Wildman–Crippen LogP) is 8.18. The van der Waals surface area contributed by atoms with Crippen LogP contribution in [0.1, 0.15) is 0 Å². The van der Waals surface area contributed by atoms with Gasteiger partial charge in [0.05, 0.1) is 0 Å². The van der Waals surface area contributed by atoms with Crippen molar-refractivity contribution < 1.29 is 13.9 Å². The maximum Gasteiger partial charge on any atom is 0.279 e. The van der Waals surface area contributed by atoms with Gasteiger partial charge in [0, 0.05) is 5.56 Å². The summed E-state index contributed by atoms with van der Waals surface area (Å²) in [6, 6.07) is 33.3. The van der Waals surface area contributed by atoms with Crippen LogP contribution in [0.2, 0.25) is 0 Å². The number of benzene rings is 5. The molecule has 0 aliphatic heterocycles. The lowest BCUT2D eigenvalue weighted by Crippen LogP contribution is -2.40. The molecule has 0 spiro atoms. The highest BCUT2D eigenvalue weighted by molar-refractivity contribution is 7.82. The van der Waals surface area contributed by atoms with E-state index in [1.807, 2.05) is 84.9 Å². The number of nitrogens with zero attached hydrogens (tertiary/aromatic N) is 3. The smallest absolute Gasteiger partial charge is 0.279 e. The number of hydrogen-bond acceptors (Lipinski definition) is 7. The molecule has 39 heavy (non-hydrogen) atoms. The molecule has 0 radical (unpaired) electrons. The van der Waals surface area contributed by atoms with Crippen molar-refractivity contribution in [1.82, 2.24) is 10.2 Å². The highest BCUT2D eigenvalue weighted by Gasteiger charge is 2.26. The van der Waals surface area contributed by atoms with Gasteiger partial charge in [-0.1, -0.05) is 72.0 Å². The summed E-state index contributed by atoms with van der Waals surface area (Å²) in [7, 11) is 0. The molecule has 190 valence electrons. The van der Waals surface area contributed by atoms with E-state index < -0.39 is 0 Å². The molecular formula is C30H18FN3O2S3. The lowest BCUT2D eigenvalue weighted by Gasteiger charge is -2.22. The van der Waals surface area contributed by atoms with Crippen molar-refractivity contribution in [3.05, 3.63) is 115 Å². The molecule has 0 fully saturated rings. The Hall–Kier alpha value is -4.31. The quantitative estimate of drug-likeness (QED) is 0.199. The van der Waals surface area contributed by atoms with Crippen LogP contribution in [0.3, 0.4) is 0 Å². The predicted molar refractivity (Wildman–Crippen MR) is 162 cm³/mol. The summed E-state index contributed by atoms with van der Waals surface area (Å²) in [6.45, 7) is 0. The largest absolute Gasteiger partial charge is 0.431 e. The number of fused-ring (bicyclic) bond motifs is 2. The van der Waals surface area contributed by atoms with Crippen LogP contribution in [-0.4, -0.2) is 20.5 Å². The van der Waals surface area contributed by atoms with E-state index in [1.54, 1.807) is 12.1 Å². The molecule has 0 amide bonds. The Morgan fingerprint density at radius 1 is 0.641 bits per heavy atom. The topological polar surface area (TPSA) is 47.5 Å². The van der Waals surface area contributed by atoms with Gasteiger partial charge < -0.3 is 9.47 Å². The molecule has 0 saturated heterocycles. The van der Waals surface area contributed by atoms with Crippen LogP contribution in [0.15, 0.2) is 109 Å². The molecule has 0 atom stereocenters. The Bertz CT molecular complexity index is 1750. The van der Waals surface area contributed by atoms with E-state index in [0.717, 1.165) is 21.5 Å². The number of thiocarbonyl (C=S) groups is 2. The highest BCUT2D eigenvalue weighted by Crippen LogP contribution is 2.31. The number of hydrogen-bond donors (Lipinski definition) is 0. The Labute approximate surface area is 238 Å². The molecule has 0 bridgehead atoms. The molecule has 6 aromatic rings. The fourth-order valence-electron chi connectivity index (χ4n) is 4.00. The maximum absolute atomic E-state index is 13.4. The van der Waals surface area contributed by atoms with Crippen molar-refractivity contribution in [2.24, 2.45) is 0 Å². The molecule has 1 aromatic heterocycles. The van der Waals surface area contributed by atoms with Gasteiger partial charge >= 0.3 is 0 Å². The first-order chi connectivity index (χ1) is 19.0. The number of anilines is 1. The van der Waals surface area contributed by atoms with Crippen LogP contribution < -0.4 is 14.4 Å². The van der Waals surface area contributed by atoms with Crippen LogP contribution >= 0.6 is 35.8 Å². The van der Waals surface area contributed by atoms with E-state index in [1.165, 1.54) is 28.4 Å². The zero-order valence-electron chi connectivity index (χ0n) is 20.2. The summed E-state index contributed by atoms with van der Waals surface area (Å²) in [4.78, 5) is 1.43. The molecule has 5 aromatic carbocycles. The van der Waals surface area contributed by atoms with E-state index in [2.05, 4.69) is 10.2 Å². The first-order valence-electron chi connectivity index (χ1n) is 11.8. The van der Waals surface area contributed by atoms with Gasteiger partial charge in [-0.3, -0.25) is 0 Å². The normalized spacial score (nSPS) is 10.9. The van der Waals surface area contributed by atoms with Crippen molar-refractivity contribution in [3.8, 4) is 22.1 Å². The summed E-state index contributed by atoms with van der Waals surface area (Å²) in [6.07, 6.45) is 0. The fraction of sp³-hybridized carbons (Fsp3) is 0. The molecule has 0 N–H and O–H groups in total. The second kappa shape index (κ2) is 10.8. The molecule has 0 saturated carbocycles. The summed E-state index contributed by atoms with van der Waals surface area (Å²) in [5.74, 6) is 0.751. The second-order valence-electron chi connectivity index (χ2n) is 8.49. The Morgan fingerprint density at radius 2 is 1.15 bits per heavy atom. The van der Waals surface area contributed by atoms with Gasteiger partial charge in [0.25, 0.3) is 10.3 Å². The number of halogens is 1. The lowest BCUT2D eigenvalue weighted by atomic mass is 10.1. The molecule has 0 aliphatic carbocycles. The summed E-state index contributed by atoms with van der Waals surface area (Å²) >= 11 is 12.6. The minimum atomic E-state index is -0.333. The fourth-order valence-corrected chi connectivity index (χ4v) is 5.55. The lowest BCUT2D eigenvalue weighted by molar-refractivity contribution is 0.531. The van der Waals surface area contributed by atoms with Gasteiger partial charge in [-0.15, -0.1) is 10.2 Å². The van der Waals surface area contributed by atoms with E-state index >= 15 is 0 Å². The summed E-state index contributed by atoms with van der Waals surface area (Å²) in [5, 5.41) is 13.7. The van der Waals surface area contributed by atoms with E-state index in [-0.39, 0.29) is 16.2 Å². The molecule has 9 heteroatoms. The first kappa shape index (κ1) is 25.0. The Kier molecular flexibility index (Phi) is 6.93. The monoisotopic (exact) mass is 567 g/mol. The molecular weight excluding hydrogens is 550 g/mol. The van der Waals surface area contributed by atoms with Crippen LogP contribution in [0.5, 0.6) is 11.5 Å². The van der Waals surface area contributed by atoms with Gasteiger partial charge in [0.15, 0.2) is 0 Å². The van der Waals surface area contributed by atoms with Gasteiger partial charge in [-0.25, -0.2) is 9.29 Å². The number of rotatable bonds is 4. The van der Waals surface area contributed by atoms with Crippen LogP contribution in [-0.2, 0) is 0 Å². The van der Waals surface area contributed by atoms with Crippen LogP contribution in [0.4, 0.5) is 9.52 Å². The molecule has 5 nitrogen and oxygen atoms in total. The summed E-state index contributed by atoms with van der Waals surface area (Å²) < 4.78 is 25.6. The highest BCUT2D eigenvalue weighted by atomic mass is 32.1. The molecule has 1 heterocycles. The van der Waals surface area contributed by atoms with Crippen LogP contribution in [0, 0.1) is 5.82 Å². The summed E-state index contributed by atoms with van der Waals surface area (Å²) in [5.41, 5.74) is 0.711. The van der Waals surface area contributed by atoms with E-state index in [0.29, 0.717) is 27.2 Å². The van der Waals surface area contributed by atoms with Gasteiger partial charge in [-0.2, -0.15) is 0 Å². The zero-order valence-corrected chi connectivity index (χ0v) is 22.6. The van der Waals surface area contributed by atoms with Gasteiger partial charge in [0.1, 0.15) is 22.3 Å². The standard InChI is InChI=1S/C30H18FN3O2S3/c31-24-13-9-21(10-14-24)27-32-33-28(39-27)34(29(37)35-25-15-11-19-5-1-3-7-22(19)17-25)30(38)36-26-16-12-20-6-2-4-8-23(20)18-26/h1-18H. The minimum Gasteiger partial charge on any atom is -0.431 e. The minimum absolute atomic E-state index is 0.0258. The van der Waals surface area contributed by atoms with Crippen molar-refractivity contribution >= 4 is 72.8 Å². The van der Waals surface area contributed by atoms with Gasteiger partial charge in [-0.05, 0) is 94.5 Å². The van der Waals surface area contributed by atoms with E-state index in [9.17, 15) is 4.39 Å². The zero-order chi connectivity index (χ0) is 26.8. The number of ether oxygens (including phenoxy) is 2. The van der Waals surface area contributed by atoms with Crippen molar-refractivity contribution in [2.75, 3.05) is 4.90 Å². The first-order valence-corrected chi connectivity index (χ1v) is 13.5. The average Bonchev–Trinajstić information content (AvgIpc) is 3.43. The molecule has 0 aliphatic rings. The maximum atomic E-state index is 13.4. The second-order valence-corrected chi connectivity index (χ2v) is 10.1. The third kappa shape index (κ3) is 5.46. The average molecular weight is 568 g/mol. The van der Waals surface area contributed by atoms with Crippen molar-refractivity contribution in [1.29, 1.82) is 0 Å². The SMILES string of the molecule is Fc1ccc(-c2nnc(N(C(=S)Oc3ccc4ccccc4c3)C(=S)Oc3ccc4ccccc4c3)s2)cc1. The van der Waals surface area contributed by atoms with Crippen molar-refractivity contribution in [3.63, 3.8) is 0 Å². The van der Waals surface area contributed by atoms with E-state index in [4.69, 9.17) is 33.9 Å². The Balaban J connectivity index is 1.32.